The predicted molar refractivity (Wildman–Crippen MR) is 102 cm³/mol. The predicted octanol–water partition coefficient (Wildman–Crippen LogP) is 2.50. The summed E-state index contributed by atoms with van der Waals surface area (Å²) in [6.07, 6.45) is 8.78. The van der Waals surface area contributed by atoms with Gasteiger partial charge in [-0.2, -0.15) is 10.2 Å². The normalized spacial score (nSPS) is 10.7. The Hall–Kier alpha value is -3.94. The van der Waals surface area contributed by atoms with E-state index in [-0.39, 0.29) is 5.91 Å². The van der Waals surface area contributed by atoms with Crippen LogP contribution in [0.15, 0.2) is 67.4 Å². The minimum Gasteiger partial charge on any atom is -0.397 e. The summed E-state index contributed by atoms with van der Waals surface area (Å²) in [5, 5.41) is 11.1. The molecule has 8 nitrogen and oxygen atoms in total. The second-order valence-electron chi connectivity index (χ2n) is 6.01. The summed E-state index contributed by atoms with van der Waals surface area (Å²) in [6, 6.07) is 10.7. The smallest absolute Gasteiger partial charge is 0.274 e. The van der Waals surface area contributed by atoms with Crippen molar-refractivity contribution in [3.8, 4) is 16.8 Å². The fourth-order valence-corrected chi connectivity index (χ4v) is 2.67. The highest BCUT2D eigenvalue weighted by atomic mass is 16.1. The maximum Gasteiger partial charge on any atom is 0.274 e. The summed E-state index contributed by atoms with van der Waals surface area (Å²) in [5.74, 6) is -0.336. The number of aryl methyl sites for hydroxylation is 1. The first-order valence-corrected chi connectivity index (χ1v) is 8.26. The minimum absolute atomic E-state index is 0.298. The van der Waals surface area contributed by atoms with E-state index in [0.717, 1.165) is 16.8 Å². The van der Waals surface area contributed by atoms with Crippen LogP contribution >= 0.6 is 0 Å². The fraction of sp³-hybridized carbons (Fsp3) is 0.0526. The molecule has 3 aromatic heterocycles. The van der Waals surface area contributed by atoms with Gasteiger partial charge in [0.2, 0.25) is 0 Å². The van der Waals surface area contributed by atoms with Crippen molar-refractivity contribution in [2.24, 2.45) is 7.05 Å². The van der Waals surface area contributed by atoms with Gasteiger partial charge in [0.05, 0.1) is 23.3 Å². The van der Waals surface area contributed by atoms with E-state index in [4.69, 9.17) is 5.73 Å². The molecule has 0 aliphatic carbocycles. The Kier molecular flexibility index (Phi) is 4.13. The molecule has 1 aromatic carbocycles. The monoisotopic (exact) mass is 359 g/mol. The number of nitrogens with zero attached hydrogens (tertiary/aromatic N) is 5. The van der Waals surface area contributed by atoms with Crippen LogP contribution in [0.1, 0.15) is 10.5 Å². The Morgan fingerprint density at radius 2 is 2.00 bits per heavy atom. The quantitative estimate of drug-likeness (QED) is 0.545. The van der Waals surface area contributed by atoms with E-state index < -0.39 is 0 Å². The number of aromatic nitrogens is 5. The molecule has 4 rings (SSSR count). The number of hydrogen-bond donors (Lipinski definition) is 2. The van der Waals surface area contributed by atoms with Crippen LogP contribution in [0.5, 0.6) is 0 Å². The molecule has 0 unspecified atom stereocenters. The van der Waals surface area contributed by atoms with Crippen LogP contribution in [0, 0.1) is 0 Å². The molecule has 8 heteroatoms. The molecular formula is C19H17N7O. The van der Waals surface area contributed by atoms with Crippen LogP contribution in [-0.2, 0) is 7.05 Å². The number of nitrogen functional groups attached to an aromatic ring is 1. The molecular weight excluding hydrogens is 342 g/mol. The number of anilines is 2. The van der Waals surface area contributed by atoms with Gasteiger partial charge in [0.15, 0.2) is 0 Å². The average Bonchev–Trinajstić information content (AvgIpc) is 3.35. The third-order valence-electron chi connectivity index (χ3n) is 4.09. The molecule has 3 N–H and O–H groups in total. The molecule has 0 fully saturated rings. The molecule has 0 saturated carbocycles. The van der Waals surface area contributed by atoms with Crippen molar-refractivity contribution in [1.82, 2.24) is 24.5 Å². The molecule has 0 spiro atoms. The van der Waals surface area contributed by atoms with E-state index in [2.05, 4.69) is 20.5 Å². The van der Waals surface area contributed by atoms with Crippen LogP contribution in [0.2, 0.25) is 0 Å². The Bertz CT molecular complexity index is 1080. The van der Waals surface area contributed by atoms with E-state index in [0.29, 0.717) is 17.1 Å². The molecule has 0 radical (unpaired) electrons. The van der Waals surface area contributed by atoms with Crippen molar-refractivity contribution in [1.29, 1.82) is 0 Å². The van der Waals surface area contributed by atoms with Crippen LogP contribution in [0.4, 0.5) is 11.4 Å². The number of benzene rings is 1. The topological polar surface area (TPSA) is 104 Å². The van der Waals surface area contributed by atoms with Crippen LogP contribution in [0.25, 0.3) is 16.8 Å². The third kappa shape index (κ3) is 3.40. The lowest BCUT2D eigenvalue weighted by molar-refractivity contribution is 0.102. The van der Waals surface area contributed by atoms with Crippen LogP contribution < -0.4 is 11.1 Å². The molecule has 0 atom stereocenters. The number of amides is 1. The zero-order valence-electron chi connectivity index (χ0n) is 14.6. The summed E-state index contributed by atoms with van der Waals surface area (Å²) in [6.45, 7) is 0. The van der Waals surface area contributed by atoms with E-state index in [1.165, 1.54) is 0 Å². The Labute approximate surface area is 155 Å². The van der Waals surface area contributed by atoms with Gasteiger partial charge in [-0.05, 0) is 30.3 Å². The maximum atomic E-state index is 12.5. The lowest BCUT2D eigenvalue weighted by atomic mass is 10.1. The standard InChI is InChI=1S/C19H17N7O/c1-25-12-14(11-23-25)13-3-6-17(21-10-13)19(27)24-18-9-15(4-5-16(18)20)26-8-2-7-22-26/h2-12H,20H2,1H3,(H,24,27). The zero-order valence-corrected chi connectivity index (χ0v) is 14.6. The fourth-order valence-electron chi connectivity index (χ4n) is 2.67. The van der Waals surface area contributed by atoms with Gasteiger partial charge >= 0.3 is 0 Å². The van der Waals surface area contributed by atoms with Gasteiger partial charge in [-0.3, -0.25) is 14.5 Å². The largest absolute Gasteiger partial charge is 0.397 e. The summed E-state index contributed by atoms with van der Waals surface area (Å²) < 4.78 is 3.40. The second-order valence-corrected chi connectivity index (χ2v) is 6.01. The zero-order chi connectivity index (χ0) is 18.8. The molecule has 0 aliphatic heterocycles. The van der Waals surface area contributed by atoms with Crippen molar-refractivity contribution in [3.05, 3.63) is 73.1 Å². The van der Waals surface area contributed by atoms with Gasteiger partial charge in [-0.15, -0.1) is 0 Å². The number of carbonyl (C=O) groups is 1. The molecule has 4 aromatic rings. The second kappa shape index (κ2) is 6.75. The number of hydrogen-bond acceptors (Lipinski definition) is 5. The number of nitrogens with one attached hydrogen (secondary N) is 1. The highest BCUT2D eigenvalue weighted by Gasteiger charge is 2.11. The van der Waals surface area contributed by atoms with E-state index in [1.807, 2.05) is 37.6 Å². The highest BCUT2D eigenvalue weighted by Crippen LogP contribution is 2.23. The van der Waals surface area contributed by atoms with Gasteiger partial charge in [-0.1, -0.05) is 6.07 Å². The lowest BCUT2D eigenvalue weighted by Gasteiger charge is -2.10. The first kappa shape index (κ1) is 16.5. The Balaban J connectivity index is 1.54. The van der Waals surface area contributed by atoms with Crippen molar-refractivity contribution >= 4 is 17.3 Å². The molecule has 0 saturated heterocycles. The number of nitrogens with two attached hydrogens (primary N) is 1. The maximum absolute atomic E-state index is 12.5. The molecule has 3 heterocycles. The number of carbonyl (C=O) groups excluding carboxylic acids is 1. The van der Waals surface area contributed by atoms with Gasteiger partial charge < -0.3 is 11.1 Å². The van der Waals surface area contributed by atoms with E-state index in [1.54, 1.807) is 46.2 Å². The molecule has 27 heavy (non-hydrogen) atoms. The number of rotatable bonds is 4. The first-order valence-electron chi connectivity index (χ1n) is 8.26. The first-order chi connectivity index (χ1) is 13.1. The number of pyridine rings is 1. The minimum atomic E-state index is -0.336. The van der Waals surface area contributed by atoms with Gasteiger partial charge in [0.25, 0.3) is 5.91 Å². The third-order valence-corrected chi connectivity index (χ3v) is 4.09. The summed E-state index contributed by atoms with van der Waals surface area (Å²) >= 11 is 0. The summed E-state index contributed by atoms with van der Waals surface area (Å²) in [4.78, 5) is 16.8. The average molecular weight is 359 g/mol. The SMILES string of the molecule is Cn1cc(-c2ccc(C(=O)Nc3cc(-n4cccn4)ccc3N)nc2)cn1. The van der Waals surface area contributed by atoms with Gasteiger partial charge in [-0.25, -0.2) is 4.68 Å². The molecule has 0 aliphatic rings. The summed E-state index contributed by atoms with van der Waals surface area (Å²) in [7, 11) is 1.85. The van der Waals surface area contributed by atoms with Crippen molar-refractivity contribution in [2.45, 2.75) is 0 Å². The van der Waals surface area contributed by atoms with Gasteiger partial charge in [0, 0.05) is 43.0 Å². The van der Waals surface area contributed by atoms with Gasteiger partial charge in [0.1, 0.15) is 5.69 Å². The lowest BCUT2D eigenvalue weighted by Crippen LogP contribution is -2.15. The molecule has 0 bridgehead atoms. The Morgan fingerprint density at radius 3 is 2.67 bits per heavy atom. The summed E-state index contributed by atoms with van der Waals surface area (Å²) in [5.41, 5.74) is 9.89. The highest BCUT2D eigenvalue weighted by molar-refractivity contribution is 6.04. The van der Waals surface area contributed by atoms with Crippen LogP contribution in [-0.4, -0.2) is 30.5 Å². The molecule has 1 amide bonds. The van der Waals surface area contributed by atoms with E-state index in [9.17, 15) is 4.79 Å². The Morgan fingerprint density at radius 1 is 1.11 bits per heavy atom. The van der Waals surface area contributed by atoms with Crippen molar-refractivity contribution in [2.75, 3.05) is 11.1 Å². The van der Waals surface area contributed by atoms with E-state index >= 15 is 0 Å². The van der Waals surface area contributed by atoms with Crippen LogP contribution in [0.3, 0.4) is 0 Å². The van der Waals surface area contributed by atoms with Crippen molar-refractivity contribution < 1.29 is 4.79 Å². The molecule has 134 valence electrons. The van der Waals surface area contributed by atoms with Crippen molar-refractivity contribution in [3.63, 3.8) is 0 Å².